The van der Waals surface area contributed by atoms with Crippen molar-refractivity contribution >= 4 is 32.7 Å². The lowest BCUT2D eigenvalue weighted by Crippen LogP contribution is -2.03. The predicted molar refractivity (Wildman–Crippen MR) is 62.7 cm³/mol. The first kappa shape index (κ1) is 9.28. The minimum absolute atomic E-state index is 0.271. The molecule has 0 spiro atoms. The summed E-state index contributed by atoms with van der Waals surface area (Å²) in [4.78, 5) is 4.81. The molecular weight excluding hydrogens is 246 g/mol. The first-order valence-corrected chi connectivity index (χ1v) is 6.01. The van der Waals surface area contributed by atoms with Crippen molar-refractivity contribution in [3.05, 3.63) is 35.9 Å². The summed E-state index contributed by atoms with van der Waals surface area (Å²) in [6.07, 6.45) is 0. The first-order chi connectivity index (χ1) is 6.27. The van der Waals surface area contributed by atoms with Crippen molar-refractivity contribution in [2.24, 2.45) is 4.99 Å². The second-order valence-corrected chi connectivity index (χ2v) is 5.30. The van der Waals surface area contributed by atoms with Gasteiger partial charge in [-0.3, -0.25) is 4.99 Å². The van der Waals surface area contributed by atoms with Crippen LogP contribution in [0.2, 0.25) is 0 Å². The molecule has 0 radical (unpaired) electrons. The zero-order valence-electron chi connectivity index (χ0n) is 7.27. The molecule has 3 heteroatoms. The number of thioether (sulfide) groups is 1. The quantitative estimate of drug-likeness (QED) is 0.554. The largest absolute Gasteiger partial charge is 0.262 e. The number of hydrogen-bond acceptors (Lipinski definition) is 2. The van der Waals surface area contributed by atoms with Crippen LogP contribution in [0.25, 0.3) is 0 Å². The van der Waals surface area contributed by atoms with Gasteiger partial charge in [-0.05, 0) is 6.92 Å². The highest BCUT2D eigenvalue weighted by Gasteiger charge is 2.24. The molecule has 1 aromatic rings. The number of aliphatic imine (C=N–C) groups is 1. The van der Waals surface area contributed by atoms with Gasteiger partial charge < -0.3 is 0 Å². The summed E-state index contributed by atoms with van der Waals surface area (Å²) >= 11 is 5.36. The lowest BCUT2D eigenvalue weighted by Gasteiger charge is -2.02. The van der Waals surface area contributed by atoms with E-state index in [1.54, 1.807) is 0 Å². The molecule has 2 atom stereocenters. The third-order valence-electron chi connectivity index (χ3n) is 1.95. The molecule has 0 bridgehead atoms. The standard InChI is InChI=1S/C10H10BrNS/c1-7-9(11)12-10(13-7)8-5-3-2-4-6-8/h2-7,9H,1H3/t7-,9-/m1/s1. The monoisotopic (exact) mass is 255 g/mol. The van der Waals surface area contributed by atoms with E-state index in [2.05, 4.69) is 40.0 Å². The van der Waals surface area contributed by atoms with Gasteiger partial charge in [-0.15, -0.1) is 0 Å². The number of halogens is 1. The van der Waals surface area contributed by atoms with Crippen LogP contribution in [0.15, 0.2) is 35.3 Å². The van der Waals surface area contributed by atoms with Crippen molar-refractivity contribution in [2.45, 2.75) is 17.1 Å². The average Bonchev–Trinajstić information content (AvgIpc) is 2.49. The second-order valence-electron chi connectivity index (χ2n) is 3.00. The van der Waals surface area contributed by atoms with Crippen LogP contribution in [0.5, 0.6) is 0 Å². The SMILES string of the molecule is C[C@H]1SC(c2ccccc2)=N[C@H]1Br. The van der Waals surface area contributed by atoms with E-state index in [4.69, 9.17) is 0 Å². The fourth-order valence-electron chi connectivity index (χ4n) is 1.20. The zero-order valence-corrected chi connectivity index (χ0v) is 9.68. The molecule has 0 amide bonds. The van der Waals surface area contributed by atoms with Crippen LogP contribution in [0.3, 0.4) is 0 Å². The van der Waals surface area contributed by atoms with Gasteiger partial charge in [0.1, 0.15) is 4.95 Å². The predicted octanol–water partition coefficient (Wildman–Crippen LogP) is 3.29. The molecular formula is C10H10BrNS. The fraction of sp³-hybridized carbons (Fsp3) is 0.300. The van der Waals surface area contributed by atoms with Crippen LogP contribution < -0.4 is 0 Å². The molecule has 13 heavy (non-hydrogen) atoms. The van der Waals surface area contributed by atoms with Gasteiger partial charge in [-0.1, -0.05) is 58.0 Å². The molecule has 1 aliphatic rings. The molecule has 0 N–H and O–H groups in total. The van der Waals surface area contributed by atoms with Gasteiger partial charge in [0.2, 0.25) is 0 Å². The van der Waals surface area contributed by atoms with E-state index in [1.807, 2.05) is 30.0 Å². The van der Waals surface area contributed by atoms with Crippen molar-refractivity contribution in [2.75, 3.05) is 0 Å². The Balaban J connectivity index is 2.25. The molecule has 0 saturated carbocycles. The number of benzene rings is 1. The van der Waals surface area contributed by atoms with Gasteiger partial charge in [0, 0.05) is 10.8 Å². The Bertz CT molecular complexity index is 323. The van der Waals surface area contributed by atoms with Gasteiger partial charge in [0.25, 0.3) is 0 Å². The van der Waals surface area contributed by atoms with Crippen LogP contribution in [-0.4, -0.2) is 15.2 Å². The van der Waals surface area contributed by atoms with Crippen molar-refractivity contribution in [3.8, 4) is 0 Å². The molecule has 0 unspecified atom stereocenters. The molecule has 68 valence electrons. The molecule has 0 aromatic heterocycles. The summed E-state index contributed by atoms with van der Waals surface area (Å²) in [6, 6.07) is 10.3. The molecule has 1 aliphatic heterocycles. The number of hydrogen-bond donors (Lipinski definition) is 0. The summed E-state index contributed by atoms with van der Waals surface area (Å²) in [6.45, 7) is 2.18. The van der Waals surface area contributed by atoms with Crippen molar-refractivity contribution < 1.29 is 0 Å². The Labute approximate surface area is 90.8 Å². The maximum atomic E-state index is 4.54. The van der Waals surface area contributed by atoms with E-state index >= 15 is 0 Å². The van der Waals surface area contributed by atoms with E-state index in [1.165, 1.54) is 5.56 Å². The van der Waals surface area contributed by atoms with Gasteiger partial charge in [-0.2, -0.15) is 0 Å². The Morgan fingerprint density at radius 3 is 2.54 bits per heavy atom. The maximum Gasteiger partial charge on any atom is 0.118 e. The highest BCUT2D eigenvalue weighted by Crippen LogP contribution is 2.32. The number of rotatable bonds is 1. The van der Waals surface area contributed by atoms with Crippen molar-refractivity contribution in [3.63, 3.8) is 0 Å². The lowest BCUT2D eigenvalue weighted by molar-refractivity contribution is 0.927. The third kappa shape index (κ3) is 1.97. The molecule has 1 aromatic carbocycles. The van der Waals surface area contributed by atoms with Gasteiger partial charge in [0.15, 0.2) is 0 Å². The Morgan fingerprint density at radius 1 is 1.31 bits per heavy atom. The summed E-state index contributed by atoms with van der Waals surface area (Å²) < 4.78 is 0. The first-order valence-electron chi connectivity index (χ1n) is 4.21. The minimum Gasteiger partial charge on any atom is -0.262 e. The van der Waals surface area contributed by atoms with Crippen LogP contribution in [0.1, 0.15) is 12.5 Å². The van der Waals surface area contributed by atoms with Crippen molar-refractivity contribution in [1.82, 2.24) is 0 Å². The minimum atomic E-state index is 0.271. The normalized spacial score (nSPS) is 27.4. The van der Waals surface area contributed by atoms with Crippen LogP contribution >= 0.6 is 27.7 Å². The summed E-state index contributed by atoms with van der Waals surface area (Å²) in [5.74, 6) is 0. The molecule has 0 aliphatic carbocycles. The Morgan fingerprint density at radius 2 is 2.00 bits per heavy atom. The average molecular weight is 256 g/mol. The summed E-state index contributed by atoms with van der Waals surface area (Å²) in [5, 5.41) is 1.69. The van der Waals surface area contributed by atoms with Gasteiger partial charge in [-0.25, -0.2) is 0 Å². The van der Waals surface area contributed by atoms with Gasteiger partial charge >= 0.3 is 0 Å². The molecule has 2 rings (SSSR count). The smallest absolute Gasteiger partial charge is 0.118 e. The molecule has 1 nitrogen and oxygen atoms in total. The van der Waals surface area contributed by atoms with E-state index in [-0.39, 0.29) is 4.95 Å². The Kier molecular flexibility index (Phi) is 2.74. The topological polar surface area (TPSA) is 12.4 Å². The van der Waals surface area contributed by atoms with E-state index in [0.717, 1.165) is 5.04 Å². The highest BCUT2D eigenvalue weighted by molar-refractivity contribution is 9.09. The molecule has 0 saturated heterocycles. The Hall–Kier alpha value is -0.280. The summed E-state index contributed by atoms with van der Waals surface area (Å²) in [5.41, 5.74) is 1.22. The van der Waals surface area contributed by atoms with Crippen LogP contribution in [0, 0.1) is 0 Å². The summed E-state index contributed by atoms with van der Waals surface area (Å²) in [7, 11) is 0. The second kappa shape index (κ2) is 3.84. The third-order valence-corrected chi connectivity index (χ3v) is 4.49. The van der Waals surface area contributed by atoms with Gasteiger partial charge in [0.05, 0.1) is 5.04 Å². The van der Waals surface area contributed by atoms with E-state index in [0.29, 0.717) is 5.25 Å². The number of alkyl halides is 1. The van der Waals surface area contributed by atoms with Crippen molar-refractivity contribution in [1.29, 1.82) is 0 Å². The van der Waals surface area contributed by atoms with E-state index < -0.39 is 0 Å². The van der Waals surface area contributed by atoms with E-state index in [9.17, 15) is 0 Å². The van der Waals surface area contributed by atoms with Crippen LogP contribution in [0.4, 0.5) is 0 Å². The molecule has 1 heterocycles. The van der Waals surface area contributed by atoms with Crippen LogP contribution in [-0.2, 0) is 0 Å². The lowest BCUT2D eigenvalue weighted by atomic mass is 10.2. The zero-order chi connectivity index (χ0) is 9.26. The maximum absolute atomic E-state index is 4.54. The number of nitrogens with zero attached hydrogens (tertiary/aromatic N) is 1. The fourth-order valence-corrected chi connectivity index (χ4v) is 2.84. The highest BCUT2D eigenvalue weighted by atomic mass is 79.9. The molecule has 0 fully saturated rings.